The lowest BCUT2D eigenvalue weighted by Crippen LogP contribution is -2.21. The van der Waals surface area contributed by atoms with E-state index in [4.69, 9.17) is 15.7 Å². The van der Waals surface area contributed by atoms with Gasteiger partial charge in [-0.3, -0.25) is 0 Å². The Labute approximate surface area is 80.9 Å². The van der Waals surface area contributed by atoms with E-state index in [2.05, 4.69) is 20.8 Å². The Morgan fingerprint density at radius 1 is 1.38 bits per heavy atom. The fourth-order valence-electron chi connectivity index (χ4n) is 1.19. The second kappa shape index (κ2) is 6.88. The minimum absolute atomic E-state index is 0.269. The molecule has 13 heavy (non-hydrogen) atoms. The van der Waals surface area contributed by atoms with E-state index in [0.29, 0.717) is 18.9 Å². The lowest BCUT2D eigenvalue weighted by atomic mass is 10.1. The highest BCUT2D eigenvalue weighted by Gasteiger charge is 2.06. The maximum atomic E-state index is 8.41. The third kappa shape index (κ3) is 7.76. The second-order valence-corrected chi connectivity index (χ2v) is 3.84. The molecule has 0 rings (SSSR count). The molecule has 0 fully saturated rings. The van der Waals surface area contributed by atoms with Crippen LogP contribution in [0.25, 0.3) is 0 Å². The van der Waals surface area contributed by atoms with Gasteiger partial charge < -0.3 is 10.5 Å². The Kier molecular flexibility index (Phi) is 6.56. The van der Waals surface area contributed by atoms with E-state index < -0.39 is 0 Å². The van der Waals surface area contributed by atoms with Gasteiger partial charge in [0.1, 0.15) is 0 Å². The van der Waals surface area contributed by atoms with Crippen LogP contribution in [0.15, 0.2) is 0 Å². The number of nitriles is 1. The quantitative estimate of drug-likeness (QED) is 0.683. The van der Waals surface area contributed by atoms with Gasteiger partial charge in [0, 0.05) is 6.61 Å². The molecule has 0 aliphatic carbocycles. The van der Waals surface area contributed by atoms with Crippen molar-refractivity contribution < 1.29 is 4.74 Å². The second-order valence-electron chi connectivity index (χ2n) is 3.84. The van der Waals surface area contributed by atoms with Crippen molar-refractivity contribution in [3.05, 3.63) is 0 Å². The van der Waals surface area contributed by atoms with Gasteiger partial charge >= 0.3 is 0 Å². The minimum Gasteiger partial charge on any atom is -0.378 e. The fraction of sp³-hybridized carbons (Fsp3) is 0.900. The first-order valence-corrected chi connectivity index (χ1v) is 4.83. The van der Waals surface area contributed by atoms with E-state index in [9.17, 15) is 0 Å². The molecule has 3 heteroatoms. The smallest absolute Gasteiger partial charge is 0.0950 e. The lowest BCUT2D eigenvalue weighted by molar-refractivity contribution is 0.0496. The standard InChI is InChI=1S/C10H20N2O/c1-8(2)6-9(3)13-5-4-10(12)7-11/h8-10H,4-6,12H2,1-3H3. The number of nitrogens with zero attached hydrogens (tertiary/aromatic N) is 1. The summed E-state index contributed by atoms with van der Waals surface area (Å²) in [5.41, 5.74) is 5.42. The Morgan fingerprint density at radius 3 is 2.46 bits per heavy atom. The molecule has 0 aromatic rings. The maximum Gasteiger partial charge on any atom is 0.0950 e. The van der Waals surface area contributed by atoms with Crippen LogP contribution < -0.4 is 5.73 Å². The largest absolute Gasteiger partial charge is 0.378 e. The molecule has 0 aliphatic rings. The highest BCUT2D eigenvalue weighted by Crippen LogP contribution is 2.07. The third-order valence-electron chi connectivity index (χ3n) is 1.80. The van der Waals surface area contributed by atoms with Gasteiger partial charge in [0.05, 0.1) is 18.2 Å². The van der Waals surface area contributed by atoms with Crippen molar-refractivity contribution in [2.24, 2.45) is 11.7 Å². The summed E-state index contributed by atoms with van der Waals surface area (Å²) in [6, 6.07) is 1.59. The van der Waals surface area contributed by atoms with Crippen molar-refractivity contribution in [1.29, 1.82) is 5.26 Å². The molecular formula is C10H20N2O. The normalized spacial score (nSPS) is 15.4. The molecule has 0 heterocycles. The topological polar surface area (TPSA) is 59.0 Å². The van der Waals surface area contributed by atoms with Gasteiger partial charge in [-0.1, -0.05) is 13.8 Å². The van der Waals surface area contributed by atoms with Gasteiger partial charge in [0.25, 0.3) is 0 Å². The average molecular weight is 184 g/mol. The summed E-state index contributed by atoms with van der Waals surface area (Å²) in [7, 11) is 0. The van der Waals surface area contributed by atoms with Gasteiger partial charge in [0.2, 0.25) is 0 Å². The molecule has 2 unspecified atom stereocenters. The molecule has 0 radical (unpaired) electrons. The van der Waals surface area contributed by atoms with Crippen molar-refractivity contribution in [3.8, 4) is 6.07 Å². The molecule has 3 nitrogen and oxygen atoms in total. The van der Waals surface area contributed by atoms with Crippen LogP contribution in [0, 0.1) is 17.2 Å². The number of rotatable bonds is 6. The van der Waals surface area contributed by atoms with Crippen LogP contribution in [-0.4, -0.2) is 18.8 Å². The lowest BCUT2D eigenvalue weighted by Gasteiger charge is -2.15. The van der Waals surface area contributed by atoms with Crippen molar-refractivity contribution in [3.63, 3.8) is 0 Å². The highest BCUT2D eigenvalue weighted by atomic mass is 16.5. The van der Waals surface area contributed by atoms with Crippen LogP contribution in [-0.2, 0) is 4.74 Å². The molecule has 0 aromatic carbocycles. The molecule has 0 aliphatic heterocycles. The molecule has 0 amide bonds. The highest BCUT2D eigenvalue weighted by molar-refractivity contribution is 4.85. The summed E-state index contributed by atoms with van der Waals surface area (Å²) in [6.07, 6.45) is 1.95. The first-order chi connectivity index (χ1) is 6.06. The molecule has 0 saturated carbocycles. The maximum absolute atomic E-state index is 8.41. The Hall–Kier alpha value is -0.590. The van der Waals surface area contributed by atoms with Crippen LogP contribution in [0.3, 0.4) is 0 Å². The zero-order valence-corrected chi connectivity index (χ0v) is 8.79. The van der Waals surface area contributed by atoms with Crippen molar-refractivity contribution in [2.45, 2.75) is 45.8 Å². The van der Waals surface area contributed by atoms with Crippen LogP contribution in [0.4, 0.5) is 0 Å². The predicted molar refractivity (Wildman–Crippen MR) is 53.1 cm³/mol. The Morgan fingerprint density at radius 2 is 2.00 bits per heavy atom. The first-order valence-electron chi connectivity index (χ1n) is 4.83. The van der Waals surface area contributed by atoms with Crippen molar-refractivity contribution in [1.82, 2.24) is 0 Å². The van der Waals surface area contributed by atoms with Gasteiger partial charge in [-0.15, -0.1) is 0 Å². The zero-order valence-electron chi connectivity index (χ0n) is 8.79. The number of hydrogen-bond donors (Lipinski definition) is 1. The van der Waals surface area contributed by atoms with E-state index in [1.165, 1.54) is 0 Å². The van der Waals surface area contributed by atoms with Crippen molar-refractivity contribution in [2.75, 3.05) is 6.61 Å². The molecule has 0 saturated heterocycles. The Bertz CT molecular complexity index is 163. The monoisotopic (exact) mass is 184 g/mol. The molecule has 76 valence electrons. The van der Waals surface area contributed by atoms with Crippen LogP contribution in [0.5, 0.6) is 0 Å². The molecule has 2 atom stereocenters. The molecule has 0 bridgehead atoms. The third-order valence-corrected chi connectivity index (χ3v) is 1.80. The van der Waals surface area contributed by atoms with Crippen LogP contribution >= 0.6 is 0 Å². The number of hydrogen-bond acceptors (Lipinski definition) is 3. The first kappa shape index (κ1) is 12.4. The Balaban J connectivity index is 3.38. The van der Waals surface area contributed by atoms with Gasteiger partial charge in [-0.05, 0) is 25.7 Å². The summed E-state index contributed by atoms with van der Waals surface area (Å²) in [5.74, 6) is 0.652. The van der Waals surface area contributed by atoms with E-state index in [0.717, 1.165) is 6.42 Å². The van der Waals surface area contributed by atoms with E-state index in [-0.39, 0.29) is 12.1 Å². The summed E-state index contributed by atoms with van der Waals surface area (Å²) in [4.78, 5) is 0. The van der Waals surface area contributed by atoms with Crippen LogP contribution in [0.2, 0.25) is 0 Å². The molecule has 0 spiro atoms. The van der Waals surface area contributed by atoms with Gasteiger partial charge in [-0.25, -0.2) is 0 Å². The van der Waals surface area contributed by atoms with E-state index in [1.54, 1.807) is 0 Å². The summed E-state index contributed by atoms with van der Waals surface area (Å²) in [6.45, 7) is 6.97. The summed E-state index contributed by atoms with van der Waals surface area (Å²) in [5, 5.41) is 8.41. The summed E-state index contributed by atoms with van der Waals surface area (Å²) >= 11 is 0. The number of ether oxygens (including phenoxy) is 1. The zero-order chi connectivity index (χ0) is 10.3. The number of nitrogens with two attached hydrogens (primary N) is 1. The molecule has 0 aromatic heterocycles. The molecule has 2 N–H and O–H groups in total. The van der Waals surface area contributed by atoms with Crippen molar-refractivity contribution >= 4 is 0 Å². The SMILES string of the molecule is CC(C)CC(C)OCCC(N)C#N. The fourth-order valence-corrected chi connectivity index (χ4v) is 1.19. The summed E-state index contributed by atoms with van der Waals surface area (Å²) < 4.78 is 5.49. The minimum atomic E-state index is -0.383. The predicted octanol–water partition coefficient (Wildman–Crippen LogP) is 1.68. The van der Waals surface area contributed by atoms with E-state index in [1.807, 2.05) is 6.07 Å². The van der Waals surface area contributed by atoms with Crippen LogP contribution in [0.1, 0.15) is 33.6 Å². The van der Waals surface area contributed by atoms with Gasteiger partial charge in [-0.2, -0.15) is 5.26 Å². The van der Waals surface area contributed by atoms with Gasteiger partial charge in [0.15, 0.2) is 0 Å². The average Bonchev–Trinajstić information content (AvgIpc) is 2.02. The molecular weight excluding hydrogens is 164 g/mol. The van der Waals surface area contributed by atoms with E-state index >= 15 is 0 Å².